The first-order chi connectivity index (χ1) is 6.83. The predicted molar refractivity (Wildman–Crippen MR) is 61.1 cm³/mol. The number of benzene rings is 2. The third-order valence-corrected chi connectivity index (χ3v) is 2.41. The summed E-state index contributed by atoms with van der Waals surface area (Å²) >= 11 is 0. The van der Waals surface area contributed by atoms with E-state index in [4.69, 9.17) is 5.73 Å². The molecule has 0 bridgehead atoms. The number of nitrogens with one attached hydrogen (secondary N) is 1. The van der Waals surface area contributed by atoms with Crippen molar-refractivity contribution in [1.29, 1.82) is 0 Å². The molecular weight excluding hydrogens is 172 g/mol. The average Bonchev–Trinajstić information content (AvgIpc) is 2.20. The van der Waals surface area contributed by atoms with E-state index in [0.29, 0.717) is 0 Å². The number of anilines is 1. The van der Waals surface area contributed by atoms with E-state index in [9.17, 15) is 0 Å². The van der Waals surface area contributed by atoms with Crippen molar-refractivity contribution in [2.75, 3.05) is 12.8 Å². The molecule has 0 fully saturated rings. The van der Waals surface area contributed by atoms with Crippen LogP contribution >= 0.6 is 0 Å². The summed E-state index contributed by atoms with van der Waals surface area (Å²) in [5, 5.41) is 5.53. The van der Waals surface area contributed by atoms with Crippen molar-refractivity contribution in [3.05, 3.63) is 42.0 Å². The minimum Gasteiger partial charge on any atom is -0.398 e. The van der Waals surface area contributed by atoms with Crippen molar-refractivity contribution in [3.8, 4) is 0 Å². The Kier molecular flexibility index (Phi) is 2.37. The second-order valence-corrected chi connectivity index (χ2v) is 3.39. The molecule has 0 amide bonds. The molecule has 0 aliphatic carbocycles. The van der Waals surface area contributed by atoms with Crippen LogP contribution in [0.2, 0.25) is 0 Å². The van der Waals surface area contributed by atoms with Crippen LogP contribution in [0.25, 0.3) is 10.8 Å². The molecule has 0 aliphatic rings. The maximum Gasteiger partial charge on any atom is 0.0393 e. The van der Waals surface area contributed by atoms with E-state index in [1.54, 1.807) is 0 Å². The molecule has 2 rings (SSSR count). The highest BCUT2D eigenvalue weighted by Gasteiger charge is 2.01. The topological polar surface area (TPSA) is 38.0 Å². The highest BCUT2D eigenvalue weighted by molar-refractivity contribution is 5.94. The van der Waals surface area contributed by atoms with Crippen molar-refractivity contribution in [2.24, 2.45) is 0 Å². The Bertz CT molecular complexity index is 449. The maximum absolute atomic E-state index is 5.90. The van der Waals surface area contributed by atoms with Gasteiger partial charge in [0.2, 0.25) is 0 Å². The second-order valence-electron chi connectivity index (χ2n) is 3.39. The average molecular weight is 186 g/mol. The molecule has 14 heavy (non-hydrogen) atoms. The normalized spacial score (nSPS) is 10.6. The minimum atomic E-state index is 0.848. The summed E-state index contributed by atoms with van der Waals surface area (Å²) in [6.45, 7) is 0.876. The highest BCUT2D eigenvalue weighted by atomic mass is 14.8. The van der Waals surface area contributed by atoms with Crippen molar-refractivity contribution in [1.82, 2.24) is 5.32 Å². The SMILES string of the molecule is CNCc1cccc2c(N)cccc12. The van der Waals surface area contributed by atoms with Crippen LogP contribution in [0.15, 0.2) is 36.4 Å². The molecule has 0 spiro atoms. The number of rotatable bonds is 2. The molecule has 0 atom stereocenters. The van der Waals surface area contributed by atoms with E-state index in [-0.39, 0.29) is 0 Å². The van der Waals surface area contributed by atoms with Gasteiger partial charge in [0.25, 0.3) is 0 Å². The quantitative estimate of drug-likeness (QED) is 0.705. The zero-order valence-electron chi connectivity index (χ0n) is 8.25. The lowest BCUT2D eigenvalue weighted by molar-refractivity contribution is 0.824. The summed E-state index contributed by atoms with van der Waals surface area (Å²) < 4.78 is 0. The molecule has 0 aromatic heterocycles. The fourth-order valence-corrected chi connectivity index (χ4v) is 1.74. The van der Waals surface area contributed by atoms with Gasteiger partial charge >= 0.3 is 0 Å². The van der Waals surface area contributed by atoms with Gasteiger partial charge in [0, 0.05) is 17.6 Å². The fraction of sp³-hybridized carbons (Fsp3) is 0.167. The van der Waals surface area contributed by atoms with E-state index in [0.717, 1.165) is 17.6 Å². The first-order valence-electron chi connectivity index (χ1n) is 4.73. The summed E-state index contributed by atoms with van der Waals surface area (Å²) in [4.78, 5) is 0. The van der Waals surface area contributed by atoms with Gasteiger partial charge in [-0.05, 0) is 24.1 Å². The first kappa shape index (κ1) is 9.03. The van der Waals surface area contributed by atoms with E-state index in [1.165, 1.54) is 10.9 Å². The molecule has 0 radical (unpaired) electrons. The standard InChI is InChI=1S/C12H14N2/c1-14-8-9-4-2-6-11-10(9)5-3-7-12(11)13/h2-7,14H,8,13H2,1H3. The number of nitrogens with two attached hydrogens (primary N) is 1. The van der Waals surface area contributed by atoms with Crippen LogP contribution < -0.4 is 11.1 Å². The monoisotopic (exact) mass is 186 g/mol. The Morgan fingerprint density at radius 2 is 1.79 bits per heavy atom. The van der Waals surface area contributed by atoms with Gasteiger partial charge in [0.1, 0.15) is 0 Å². The van der Waals surface area contributed by atoms with Crippen molar-refractivity contribution >= 4 is 16.5 Å². The van der Waals surface area contributed by atoms with Crippen LogP contribution in [0.4, 0.5) is 5.69 Å². The van der Waals surface area contributed by atoms with Gasteiger partial charge in [-0.2, -0.15) is 0 Å². The third-order valence-electron chi connectivity index (χ3n) is 2.41. The van der Waals surface area contributed by atoms with Gasteiger partial charge < -0.3 is 11.1 Å². The van der Waals surface area contributed by atoms with Crippen LogP contribution in [0, 0.1) is 0 Å². The van der Waals surface area contributed by atoms with Crippen LogP contribution in [0.3, 0.4) is 0 Å². The molecule has 0 unspecified atom stereocenters. The van der Waals surface area contributed by atoms with Crippen LogP contribution in [0.1, 0.15) is 5.56 Å². The lowest BCUT2D eigenvalue weighted by Gasteiger charge is -2.07. The van der Waals surface area contributed by atoms with Crippen molar-refractivity contribution < 1.29 is 0 Å². The zero-order valence-corrected chi connectivity index (χ0v) is 8.25. The number of nitrogen functional groups attached to an aromatic ring is 1. The Balaban J connectivity index is 2.68. The highest BCUT2D eigenvalue weighted by Crippen LogP contribution is 2.23. The number of hydrogen-bond donors (Lipinski definition) is 2. The molecule has 72 valence electrons. The molecule has 2 aromatic rings. The third kappa shape index (κ3) is 1.44. The maximum atomic E-state index is 5.90. The van der Waals surface area contributed by atoms with Gasteiger partial charge in [0.05, 0.1) is 0 Å². The van der Waals surface area contributed by atoms with Gasteiger partial charge in [0.15, 0.2) is 0 Å². The minimum absolute atomic E-state index is 0.848. The van der Waals surface area contributed by atoms with Gasteiger partial charge in [-0.15, -0.1) is 0 Å². The molecule has 0 heterocycles. The second kappa shape index (κ2) is 3.68. The Labute approximate surface area is 83.7 Å². The Morgan fingerprint density at radius 1 is 1.07 bits per heavy atom. The molecule has 2 aromatic carbocycles. The molecule has 0 saturated carbocycles. The van der Waals surface area contributed by atoms with E-state index < -0.39 is 0 Å². The van der Waals surface area contributed by atoms with Gasteiger partial charge in [-0.1, -0.05) is 30.3 Å². The molecule has 3 N–H and O–H groups in total. The molecule has 2 heteroatoms. The zero-order chi connectivity index (χ0) is 9.97. The number of fused-ring (bicyclic) bond motifs is 1. The summed E-state index contributed by atoms with van der Waals surface area (Å²) in [6.07, 6.45) is 0. The lowest BCUT2D eigenvalue weighted by Crippen LogP contribution is -2.05. The predicted octanol–water partition coefficient (Wildman–Crippen LogP) is 2.14. The Morgan fingerprint density at radius 3 is 2.57 bits per heavy atom. The smallest absolute Gasteiger partial charge is 0.0393 e. The van der Waals surface area contributed by atoms with Crippen LogP contribution in [0.5, 0.6) is 0 Å². The van der Waals surface area contributed by atoms with Gasteiger partial charge in [-0.25, -0.2) is 0 Å². The van der Waals surface area contributed by atoms with Crippen LogP contribution in [-0.4, -0.2) is 7.05 Å². The summed E-state index contributed by atoms with van der Waals surface area (Å²) in [5.41, 5.74) is 8.04. The van der Waals surface area contributed by atoms with E-state index in [1.807, 2.05) is 25.2 Å². The number of hydrogen-bond acceptors (Lipinski definition) is 2. The van der Waals surface area contributed by atoms with Crippen molar-refractivity contribution in [3.63, 3.8) is 0 Å². The Hall–Kier alpha value is -1.54. The molecule has 2 nitrogen and oxygen atoms in total. The lowest BCUT2D eigenvalue weighted by atomic mass is 10.0. The molecular formula is C12H14N2. The van der Waals surface area contributed by atoms with E-state index >= 15 is 0 Å². The largest absolute Gasteiger partial charge is 0.398 e. The fourth-order valence-electron chi connectivity index (χ4n) is 1.74. The van der Waals surface area contributed by atoms with Gasteiger partial charge in [-0.3, -0.25) is 0 Å². The summed E-state index contributed by atoms with van der Waals surface area (Å²) in [5.74, 6) is 0. The summed E-state index contributed by atoms with van der Waals surface area (Å²) in [7, 11) is 1.95. The van der Waals surface area contributed by atoms with Crippen LogP contribution in [-0.2, 0) is 6.54 Å². The van der Waals surface area contributed by atoms with E-state index in [2.05, 4.69) is 23.5 Å². The molecule has 0 saturated heterocycles. The molecule has 0 aliphatic heterocycles. The summed E-state index contributed by atoms with van der Waals surface area (Å²) in [6, 6.07) is 12.3. The van der Waals surface area contributed by atoms with Crippen molar-refractivity contribution in [2.45, 2.75) is 6.54 Å². The first-order valence-corrected chi connectivity index (χ1v) is 4.73.